The third kappa shape index (κ3) is 4.49. The molecule has 116 valence electrons. The fourth-order valence-corrected chi connectivity index (χ4v) is 1.65. The maximum atomic E-state index is 12.0. The summed E-state index contributed by atoms with van der Waals surface area (Å²) in [7, 11) is 2.99. The number of carbonyl (C=O) groups excluding carboxylic acids is 1. The van der Waals surface area contributed by atoms with E-state index >= 15 is 0 Å². The number of aliphatic hydroxyl groups is 1. The Morgan fingerprint density at radius 1 is 1.29 bits per heavy atom. The zero-order chi connectivity index (χ0) is 15.8. The van der Waals surface area contributed by atoms with Gasteiger partial charge in [-0.1, -0.05) is 26.0 Å². The molecule has 5 nitrogen and oxygen atoms in total. The number of esters is 1. The molecule has 1 aromatic rings. The summed E-state index contributed by atoms with van der Waals surface area (Å²) >= 11 is 0. The van der Waals surface area contributed by atoms with E-state index in [1.165, 1.54) is 14.2 Å². The molecule has 1 atom stereocenters. The van der Waals surface area contributed by atoms with Crippen LogP contribution in [-0.2, 0) is 4.79 Å². The maximum Gasteiger partial charge on any atom is 0.314 e. The molecule has 0 aromatic heterocycles. The van der Waals surface area contributed by atoms with Gasteiger partial charge >= 0.3 is 5.97 Å². The summed E-state index contributed by atoms with van der Waals surface area (Å²) in [5, 5.41) is 8.82. The summed E-state index contributed by atoms with van der Waals surface area (Å²) in [6, 6.07) is 3.43. The molecule has 0 saturated carbocycles. The number of carbonyl (C=O) groups is 1. The molecule has 0 saturated heterocycles. The Labute approximate surface area is 125 Å². The molecule has 0 radical (unpaired) electrons. The predicted octanol–water partition coefficient (Wildman–Crippen LogP) is 2.66. The van der Waals surface area contributed by atoms with Crippen molar-refractivity contribution in [3.8, 4) is 17.2 Å². The van der Waals surface area contributed by atoms with Crippen LogP contribution in [0.2, 0.25) is 0 Å². The lowest BCUT2D eigenvalue weighted by atomic mass is 10.1. The number of aliphatic hydroxyl groups excluding tert-OH is 1. The van der Waals surface area contributed by atoms with Gasteiger partial charge < -0.3 is 19.3 Å². The van der Waals surface area contributed by atoms with Crippen molar-refractivity contribution in [3.05, 3.63) is 23.8 Å². The zero-order valence-electron chi connectivity index (χ0n) is 12.9. The van der Waals surface area contributed by atoms with Crippen LogP contribution in [0.15, 0.2) is 18.2 Å². The lowest BCUT2D eigenvalue weighted by molar-refractivity contribution is -0.138. The van der Waals surface area contributed by atoms with Crippen molar-refractivity contribution in [3.63, 3.8) is 0 Å². The van der Waals surface area contributed by atoms with Gasteiger partial charge in [0.05, 0.1) is 26.7 Å². The molecule has 1 N–H and O–H groups in total. The Morgan fingerprint density at radius 2 is 1.86 bits per heavy atom. The number of hydrogen-bond acceptors (Lipinski definition) is 5. The summed E-state index contributed by atoms with van der Waals surface area (Å²) in [5.41, 5.74) is 0.779. The summed E-state index contributed by atoms with van der Waals surface area (Å²) in [4.78, 5) is 12.0. The first kappa shape index (κ1) is 17.0. The van der Waals surface area contributed by atoms with Crippen LogP contribution in [0.3, 0.4) is 0 Å². The van der Waals surface area contributed by atoms with Crippen LogP contribution < -0.4 is 14.2 Å². The summed E-state index contributed by atoms with van der Waals surface area (Å²) in [5.74, 6) is 0.555. The highest BCUT2D eigenvalue weighted by Gasteiger charge is 2.20. The van der Waals surface area contributed by atoms with E-state index in [0.29, 0.717) is 17.9 Å². The number of ether oxygens (including phenoxy) is 3. The summed E-state index contributed by atoms with van der Waals surface area (Å²) in [6.07, 6.45) is 4.02. The van der Waals surface area contributed by atoms with E-state index in [1.54, 1.807) is 31.2 Å². The number of rotatable bonds is 7. The second kappa shape index (κ2) is 8.32. The van der Waals surface area contributed by atoms with Gasteiger partial charge in [0.15, 0.2) is 11.5 Å². The number of benzene rings is 1. The molecule has 0 bridgehead atoms. The molecule has 0 aliphatic heterocycles. The average molecular weight is 294 g/mol. The fourth-order valence-electron chi connectivity index (χ4n) is 1.65. The van der Waals surface area contributed by atoms with E-state index in [0.717, 1.165) is 5.56 Å². The fraction of sp³-hybridized carbons (Fsp3) is 0.438. The van der Waals surface area contributed by atoms with Crippen molar-refractivity contribution < 1.29 is 24.1 Å². The van der Waals surface area contributed by atoms with Crippen LogP contribution in [0.5, 0.6) is 17.2 Å². The maximum absolute atomic E-state index is 12.0. The van der Waals surface area contributed by atoms with Crippen molar-refractivity contribution in [1.82, 2.24) is 0 Å². The first-order valence-corrected chi connectivity index (χ1v) is 6.82. The van der Waals surface area contributed by atoms with Gasteiger partial charge in [0.2, 0.25) is 5.75 Å². The van der Waals surface area contributed by atoms with Crippen molar-refractivity contribution >= 4 is 12.0 Å². The van der Waals surface area contributed by atoms with E-state index in [-0.39, 0.29) is 24.2 Å². The molecule has 0 amide bonds. The first-order chi connectivity index (χ1) is 10.1. The smallest absolute Gasteiger partial charge is 0.314 e. The molecular formula is C16H22O5. The van der Waals surface area contributed by atoms with Crippen LogP contribution in [0.1, 0.15) is 25.8 Å². The lowest BCUT2D eigenvalue weighted by Gasteiger charge is -2.16. The molecule has 0 fully saturated rings. The van der Waals surface area contributed by atoms with Gasteiger partial charge in [-0.3, -0.25) is 4.79 Å². The normalized spacial score (nSPS) is 12.2. The highest BCUT2D eigenvalue weighted by Crippen LogP contribution is 2.39. The van der Waals surface area contributed by atoms with Crippen molar-refractivity contribution in [2.24, 2.45) is 5.92 Å². The Hall–Kier alpha value is -2.01. The summed E-state index contributed by atoms with van der Waals surface area (Å²) < 4.78 is 15.9. The topological polar surface area (TPSA) is 65.0 Å². The van der Waals surface area contributed by atoms with Gasteiger partial charge in [-0.25, -0.2) is 0 Å². The second-order valence-corrected chi connectivity index (χ2v) is 4.57. The van der Waals surface area contributed by atoms with Gasteiger partial charge in [0.1, 0.15) is 0 Å². The Bertz CT molecular complexity index is 482. The molecule has 0 aliphatic rings. The minimum Gasteiger partial charge on any atom is -0.493 e. The van der Waals surface area contributed by atoms with Crippen molar-refractivity contribution in [2.45, 2.75) is 20.3 Å². The van der Waals surface area contributed by atoms with E-state index in [1.807, 2.05) is 6.92 Å². The SMILES string of the molecule is CCC(C)C(=O)Oc1c(OC)cc(/C=C/CO)cc1OC. The minimum absolute atomic E-state index is 0.0601. The van der Waals surface area contributed by atoms with Crippen LogP contribution in [0.25, 0.3) is 6.08 Å². The highest BCUT2D eigenvalue weighted by atomic mass is 16.6. The van der Waals surface area contributed by atoms with Gasteiger partial charge in [0.25, 0.3) is 0 Å². The minimum atomic E-state index is -0.326. The Morgan fingerprint density at radius 3 is 2.29 bits per heavy atom. The number of hydrogen-bond donors (Lipinski definition) is 1. The highest BCUT2D eigenvalue weighted by molar-refractivity contribution is 5.77. The van der Waals surface area contributed by atoms with Gasteiger partial charge in [-0.2, -0.15) is 0 Å². The molecule has 5 heteroatoms. The van der Waals surface area contributed by atoms with Crippen LogP contribution in [-0.4, -0.2) is 31.9 Å². The van der Waals surface area contributed by atoms with Gasteiger partial charge in [-0.15, -0.1) is 0 Å². The van der Waals surface area contributed by atoms with E-state index < -0.39 is 0 Å². The monoisotopic (exact) mass is 294 g/mol. The second-order valence-electron chi connectivity index (χ2n) is 4.57. The van der Waals surface area contributed by atoms with Crippen molar-refractivity contribution in [2.75, 3.05) is 20.8 Å². The average Bonchev–Trinajstić information content (AvgIpc) is 2.52. The molecule has 0 spiro atoms. The molecule has 0 heterocycles. The van der Waals surface area contributed by atoms with E-state index in [2.05, 4.69) is 0 Å². The molecule has 0 aliphatic carbocycles. The predicted molar refractivity (Wildman–Crippen MR) is 80.8 cm³/mol. The van der Waals surface area contributed by atoms with Crippen molar-refractivity contribution in [1.29, 1.82) is 0 Å². The van der Waals surface area contributed by atoms with Crippen LogP contribution in [0.4, 0.5) is 0 Å². The molecule has 1 unspecified atom stereocenters. The Balaban J connectivity index is 3.17. The number of methoxy groups -OCH3 is 2. The molecule has 1 aromatic carbocycles. The third-order valence-corrected chi connectivity index (χ3v) is 3.12. The molecule has 21 heavy (non-hydrogen) atoms. The lowest BCUT2D eigenvalue weighted by Crippen LogP contribution is -2.17. The van der Waals surface area contributed by atoms with E-state index in [9.17, 15) is 4.79 Å². The Kier molecular flexibility index (Phi) is 6.75. The zero-order valence-corrected chi connectivity index (χ0v) is 12.9. The summed E-state index contributed by atoms with van der Waals surface area (Å²) in [6.45, 7) is 3.66. The molecule has 1 rings (SSSR count). The van der Waals surface area contributed by atoms with Gasteiger partial charge in [0, 0.05) is 0 Å². The van der Waals surface area contributed by atoms with E-state index in [4.69, 9.17) is 19.3 Å². The van der Waals surface area contributed by atoms with Gasteiger partial charge in [-0.05, 0) is 24.1 Å². The van der Waals surface area contributed by atoms with Crippen LogP contribution in [0, 0.1) is 5.92 Å². The standard InChI is InChI=1S/C16H22O5/c1-5-11(2)16(18)21-15-13(19-3)9-12(7-6-8-17)10-14(15)20-4/h6-7,9-11,17H,5,8H2,1-4H3/b7-6+. The largest absolute Gasteiger partial charge is 0.493 e. The third-order valence-electron chi connectivity index (χ3n) is 3.12. The quantitative estimate of drug-likeness (QED) is 0.618. The molecular weight excluding hydrogens is 272 g/mol. The van der Waals surface area contributed by atoms with Crippen LogP contribution >= 0.6 is 0 Å². The first-order valence-electron chi connectivity index (χ1n) is 6.82.